The van der Waals surface area contributed by atoms with E-state index in [0.717, 1.165) is 16.8 Å². The third-order valence-electron chi connectivity index (χ3n) is 5.11. The van der Waals surface area contributed by atoms with E-state index in [9.17, 15) is 5.11 Å². The van der Waals surface area contributed by atoms with Gasteiger partial charge in [0.25, 0.3) is 0 Å². The van der Waals surface area contributed by atoms with Gasteiger partial charge in [0.05, 0.1) is 5.54 Å². The first kappa shape index (κ1) is 17.5. The molecule has 0 heterocycles. The molecule has 2 atom stereocenters. The molecule has 124 valence electrons. The van der Waals surface area contributed by atoms with Crippen LogP contribution in [0.3, 0.4) is 0 Å². The molecule has 1 aromatic carbocycles. The first-order valence-electron chi connectivity index (χ1n) is 8.19. The molecule has 23 heavy (non-hydrogen) atoms. The number of allylic oxidation sites excluding steroid dienone is 2. The highest BCUT2D eigenvalue weighted by Gasteiger charge is 2.41. The minimum atomic E-state index is -0.637. The Morgan fingerprint density at radius 2 is 1.78 bits per heavy atom. The SMILES string of the molecule is CC1=C(C)C(C=Cc2ccccc2)C(N)(CCCO)C(N)=C1C. The van der Waals surface area contributed by atoms with Crippen molar-refractivity contribution >= 4 is 6.08 Å². The lowest BCUT2D eigenvalue weighted by molar-refractivity contribution is 0.256. The number of benzene rings is 1. The van der Waals surface area contributed by atoms with E-state index >= 15 is 0 Å². The molecular formula is C20H28N2O. The van der Waals surface area contributed by atoms with E-state index in [1.807, 2.05) is 25.1 Å². The van der Waals surface area contributed by atoms with Crippen molar-refractivity contribution in [2.24, 2.45) is 17.4 Å². The van der Waals surface area contributed by atoms with E-state index < -0.39 is 5.54 Å². The van der Waals surface area contributed by atoms with Gasteiger partial charge in [-0.05, 0) is 50.3 Å². The molecule has 2 rings (SSSR count). The van der Waals surface area contributed by atoms with Gasteiger partial charge in [-0.3, -0.25) is 0 Å². The summed E-state index contributed by atoms with van der Waals surface area (Å²) < 4.78 is 0. The van der Waals surface area contributed by atoms with Crippen LogP contribution in [0.15, 0.2) is 58.8 Å². The van der Waals surface area contributed by atoms with E-state index in [1.165, 1.54) is 11.1 Å². The zero-order chi connectivity index (χ0) is 17.0. The van der Waals surface area contributed by atoms with Crippen molar-refractivity contribution in [3.63, 3.8) is 0 Å². The molecule has 0 saturated carbocycles. The van der Waals surface area contributed by atoms with Crippen molar-refractivity contribution in [3.8, 4) is 0 Å². The maximum absolute atomic E-state index is 9.23. The molecule has 1 aromatic rings. The lowest BCUT2D eigenvalue weighted by atomic mass is 9.68. The van der Waals surface area contributed by atoms with Crippen LogP contribution in [0, 0.1) is 5.92 Å². The number of nitrogens with two attached hydrogens (primary N) is 2. The van der Waals surface area contributed by atoms with Gasteiger partial charge in [0.1, 0.15) is 0 Å². The Balaban J connectivity index is 2.42. The molecule has 0 aliphatic heterocycles. The summed E-state index contributed by atoms with van der Waals surface area (Å²) in [5.74, 6) is 0.0398. The van der Waals surface area contributed by atoms with Gasteiger partial charge in [0, 0.05) is 18.2 Å². The molecule has 0 saturated heterocycles. The normalized spacial score (nSPS) is 25.5. The molecule has 3 heteroatoms. The molecule has 1 aliphatic carbocycles. The minimum absolute atomic E-state index is 0.0398. The number of aliphatic hydroxyl groups excluding tert-OH is 1. The lowest BCUT2D eigenvalue weighted by Crippen LogP contribution is -2.53. The van der Waals surface area contributed by atoms with Crippen LogP contribution in [0.5, 0.6) is 0 Å². The zero-order valence-electron chi connectivity index (χ0n) is 14.3. The molecule has 3 nitrogen and oxygen atoms in total. The molecule has 0 radical (unpaired) electrons. The van der Waals surface area contributed by atoms with Gasteiger partial charge < -0.3 is 16.6 Å². The molecule has 0 amide bonds. The fourth-order valence-corrected chi connectivity index (χ4v) is 3.38. The quantitative estimate of drug-likeness (QED) is 0.780. The molecule has 0 aromatic heterocycles. The zero-order valence-corrected chi connectivity index (χ0v) is 14.3. The average Bonchev–Trinajstić information content (AvgIpc) is 2.57. The van der Waals surface area contributed by atoms with Crippen LogP contribution < -0.4 is 11.5 Å². The molecular weight excluding hydrogens is 284 g/mol. The summed E-state index contributed by atoms with van der Waals surface area (Å²) in [6.07, 6.45) is 5.58. The van der Waals surface area contributed by atoms with E-state index in [2.05, 4.69) is 38.1 Å². The molecule has 0 bridgehead atoms. The summed E-state index contributed by atoms with van der Waals surface area (Å²) in [7, 11) is 0. The molecule has 0 spiro atoms. The average molecular weight is 312 g/mol. The van der Waals surface area contributed by atoms with Crippen molar-refractivity contribution in [3.05, 3.63) is 64.4 Å². The Morgan fingerprint density at radius 3 is 2.39 bits per heavy atom. The van der Waals surface area contributed by atoms with Crippen LogP contribution >= 0.6 is 0 Å². The van der Waals surface area contributed by atoms with E-state index in [1.54, 1.807) is 0 Å². The minimum Gasteiger partial charge on any atom is -0.400 e. The molecule has 2 unspecified atom stereocenters. The fourth-order valence-electron chi connectivity index (χ4n) is 3.38. The maximum Gasteiger partial charge on any atom is 0.0661 e. The van der Waals surface area contributed by atoms with Crippen molar-refractivity contribution < 1.29 is 5.11 Å². The van der Waals surface area contributed by atoms with E-state index in [-0.39, 0.29) is 12.5 Å². The van der Waals surface area contributed by atoms with Gasteiger partial charge >= 0.3 is 0 Å². The molecule has 5 N–H and O–H groups in total. The summed E-state index contributed by atoms with van der Waals surface area (Å²) in [6.45, 7) is 6.40. The lowest BCUT2D eigenvalue weighted by Gasteiger charge is -2.42. The third-order valence-corrected chi connectivity index (χ3v) is 5.11. The van der Waals surface area contributed by atoms with E-state index in [0.29, 0.717) is 12.8 Å². The maximum atomic E-state index is 9.23. The second kappa shape index (κ2) is 7.16. The van der Waals surface area contributed by atoms with Gasteiger partial charge in [-0.1, -0.05) is 48.1 Å². The summed E-state index contributed by atoms with van der Waals surface area (Å²) in [4.78, 5) is 0. The summed E-state index contributed by atoms with van der Waals surface area (Å²) in [5, 5.41) is 9.23. The standard InChI is InChI=1S/C20H28N2O/c1-14-15(2)18(11-10-17-8-5-4-6-9-17)20(22,12-7-13-23)19(21)16(14)3/h4-6,8-11,18,23H,7,12-13,21-22H2,1-3H3. The topological polar surface area (TPSA) is 72.3 Å². The highest BCUT2D eigenvalue weighted by molar-refractivity contribution is 5.54. The van der Waals surface area contributed by atoms with Crippen LogP contribution in [0.1, 0.15) is 39.2 Å². The summed E-state index contributed by atoms with van der Waals surface area (Å²) in [6, 6.07) is 10.2. The van der Waals surface area contributed by atoms with Crippen LogP contribution in [-0.4, -0.2) is 17.3 Å². The second-order valence-corrected chi connectivity index (χ2v) is 6.46. The second-order valence-electron chi connectivity index (χ2n) is 6.46. The first-order valence-corrected chi connectivity index (χ1v) is 8.19. The van der Waals surface area contributed by atoms with Gasteiger partial charge in [0.15, 0.2) is 0 Å². The number of rotatable bonds is 5. The van der Waals surface area contributed by atoms with E-state index in [4.69, 9.17) is 11.5 Å². The fraction of sp³-hybridized carbons (Fsp3) is 0.400. The first-order chi connectivity index (χ1) is 10.9. The predicted octanol–water partition coefficient (Wildman–Crippen LogP) is 3.37. The molecule has 1 aliphatic rings. The third kappa shape index (κ3) is 3.41. The van der Waals surface area contributed by atoms with Crippen molar-refractivity contribution in [1.82, 2.24) is 0 Å². The van der Waals surface area contributed by atoms with Gasteiger partial charge in [-0.2, -0.15) is 0 Å². The summed E-state index contributed by atoms with van der Waals surface area (Å²) >= 11 is 0. The summed E-state index contributed by atoms with van der Waals surface area (Å²) in [5.41, 5.74) is 18.0. The van der Waals surface area contributed by atoms with Crippen molar-refractivity contribution in [2.75, 3.05) is 6.61 Å². The highest BCUT2D eigenvalue weighted by atomic mass is 16.2. The van der Waals surface area contributed by atoms with Crippen LogP contribution in [0.4, 0.5) is 0 Å². The van der Waals surface area contributed by atoms with Crippen LogP contribution in [0.2, 0.25) is 0 Å². The predicted molar refractivity (Wildman–Crippen MR) is 97.5 cm³/mol. The number of hydrogen-bond donors (Lipinski definition) is 3. The Morgan fingerprint density at radius 1 is 1.13 bits per heavy atom. The smallest absolute Gasteiger partial charge is 0.0661 e. The number of hydrogen-bond acceptors (Lipinski definition) is 3. The Hall–Kier alpha value is -1.84. The Bertz CT molecular complexity index is 643. The largest absolute Gasteiger partial charge is 0.400 e. The van der Waals surface area contributed by atoms with Gasteiger partial charge in [-0.15, -0.1) is 0 Å². The van der Waals surface area contributed by atoms with Crippen LogP contribution in [0.25, 0.3) is 6.08 Å². The van der Waals surface area contributed by atoms with Crippen molar-refractivity contribution in [2.45, 2.75) is 39.2 Å². The highest BCUT2D eigenvalue weighted by Crippen LogP contribution is 2.41. The Labute approximate surface area is 139 Å². The van der Waals surface area contributed by atoms with Gasteiger partial charge in [-0.25, -0.2) is 0 Å². The van der Waals surface area contributed by atoms with Gasteiger partial charge in [0.2, 0.25) is 0 Å². The molecule has 0 fully saturated rings. The monoisotopic (exact) mass is 312 g/mol. The van der Waals surface area contributed by atoms with Crippen molar-refractivity contribution in [1.29, 1.82) is 0 Å². The Kier molecular flexibility index (Phi) is 5.45. The number of aliphatic hydroxyl groups is 1. The van der Waals surface area contributed by atoms with Crippen LogP contribution in [-0.2, 0) is 0 Å².